The van der Waals surface area contributed by atoms with Crippen molar-refractivity contribution in [1.82, 2.24) is 10.6 Å². The van der Waals surface area contributed by atoms with Gasteiger partial charge < -0.3 is 21.3 Å². The van der Waals surface area contributed by atoms with E-state index in [1.54, 1.807) is 26.2 Å². The van der Waals surface area contributed by atoms with Crippen LogP contribution in [0.2, 0.25) is 0 Å². The number of carbonyl (C=O) groups is 2. The number of halogens is 2. The number of amides is 2. The van der Waals surface area contributed by atoms with E-state index >= 15 is 0 Å². The number of rotatable bonds is 8. The van der Waals surface area contributed by atoms with E-state index in [0.29, 0.717) is 11.4 Å². The van der Waals surface area contributed by atoms with E-state index in [1.807, 2.05) is 86.9 Å². The van der Waals surface area contributed by atoms with E-state index in [2.05, 4.69) is 31.3 Å². The molecule has 3 rings (SSSR count). The Bertz CT molecular complexity index is 1260. The molecule has 0 unspecified atom stereocenters. The summed E-state index contributed by atoms with van der Waals surface area (Å²) in [5.41, 5.74) is 5.01. The van der Waals surface area contributed by atoms with Gasteiger partial charge in [-0.15, -0.1) is 24.8 Å². The van der Waals surface area contributed by atoms with Crippen molar-refractivity contribution in [2.24, 2.45) is 9.98 Å². The Morgan fingerprint density at radius 1 is 0.575 bits per heavy atom. The van der Waals surface area contributed by atoms with Crippen LogP contribution in [0, 0.1) is 0 Å². The van der Waals surface area contributed by atoms with Crippen molar-refractivity contribution in [3.63, 3.8) is 0 Å². The van der Waals surface area contributed by atoms with E-state index in [9.17, 15) is 9.59 Å². The smallest absolute Gasteiger partial charge is 0.248 e. The van der Waals surface area contributed by atoms with Gasteiger partial charge in [-0.2, -0.15) is 0 Å². The molecule has 0 aliphatic rings. The van der Waals surface area contributed by atoms with Crippen molar-refractivity contribution < 1.29 is 9.59 Å². The second kappa shape index (κ2) is 17.2. The standard InChI is InChI=1S/C30H32N6O2.2ClH/c1-31-29(32-2)23-11-15-25(16-12-23)35-27(37)19-9-21-5-7-22(8-6-21)10-20-28(38)36-26-17-13-24(14-18-26)30(33-3)34-4;;/h5-20H,1-4H3,(H,31,32)(H,33,34)(H,35,37)(H,36,38);2*1H. The van der Waals surface area contributed by atoms with Gasteiger partial charge in [-0.05, 0) is 71.8 Å². The van der Waals surface area contributed by atoms with Crippen LogP contribution < -0.4 is 21.3 Å². The molecule has 0 radical (unpaired) electrons. The van der Waals surface area contributed by atoms with E-state index in [0.717, 1.165) is 33.9 Å². The minimum Gasteiger partial charge on any atom is -0.373 e. The lowest BCUT2D eigenvalue weighted by Gasteiger charge is -2.07. The van der Waals surface area contributed by atoms with E-state index < -0.39 is 0 Å². The average molecular weight is 582 g/mol. The molecule has 3 aromatic rings. The summed E-state index contributed by atoms with van der Waals surface area (Å²) in [5, 5.41) is 11.7. The van der Waals surface area contributed by atoms with Crippen LogP contribution in [0.15, 0.2) is 94.9 Å². The summed E-state index contributed by atoms with van der Waals surface area (Å²) in [4.78, 5) is 32.9. The van der Waals surface area contributed by atoms with Crippen LogP contribution in [0.25, 0.3) is 12.2 Å². The first-order valence-electron chi connectivity index (χ1n) is 12.0. The molecule has 0 atom stereocenters. The van der Waals surface area contributed by atoms with Crippen LogP contribution in [-0.4, -0.2) is 51.7 Å². The number of aliphatic imine (C=N–C) groups is 2. The lowest BCUT2D eigenvalue weighted by molar-refractivity contribution is -0.112. The highest BCUT2D eigenvalue weighted by atomic mass is 35.5. The molecule has 0 spiro atoms. The van der Waals surface area contributed by atoms with E-state index in [4.69, 9.17) is 0 Å². The largest absolute Gasteiger partial charge is 0.373 e. The zero-order valence-electron chi connectivity index (χ0n) is 22.8. The highest BCUT2D eigenvalue weighted by Crippen LogP contribution is 2.13. The van der Waals surface area contributed by atoms with Crippen LogP contribution in [0.5, 0.6) is 0 Å². The van der Waals surface area contributed by atoms with Gasteiger partial charge in [0.15, 0.2) is 0 Å². The lowest BCUT2D eigenvalue weighted by atomic mass is 10.1. The van der Waals surface area contributed by atoms with Crippen molar-refractivity contribution in [3.05, 3.63) is 107 Å². The third kappa shape index (κ3) is 10.1. The van der Waals surface area contributed by atoms with Gasteiger partial charge in [0.2, 0.25) is 11.8 Å². The molecule has 0 bridgehead atoms. The molecule has 0 saturated carbocycles. The SMILES string of the molecule is CN=C(NC)c1ccc(NC(=O)C=Cc2ccc(C=CC(=O)Nc3ccc(C(=NC)NC)cc3)cc2)cc1.Cl.Cl. The maximum Gasteiger partial charge on any atom is 0.248 e. The molecule has 2 amide bonds. The predicted molar refractivity (Wildman–Crippen MR) is 172 cm³/mol. The highest BCUT2D eigenvalue weighted by molar-refractivity contribution is 6.04. The zero-order valence-corrected chi connectivity index (χ0v) is 24.4. The van der Waals surface area contributed by atoms with Gasteiger partial charge in [-0.3, -0.25) is 19.6 Å². The van der Waals surface area contributed by atoms with Gasteiger partial charge in [0.1, 0.15) is 11.7 Å². The van der Waals surface area contributed by atoms with Crippen molar-refractivity contribution in [2.45, 2.75) is 0 Å². The minimum absolute atomic E-state index is 0. The number of nitrogens with one attached hydrogen (secondary N) is 4. The van der Waals surface area contributed by atoms with Gasteiger partial charge in [-0.25, -0.2) is 0 Å². The van der Waals surface area contributed by atoms with Crippen LogP contribution in [0.1, 0.15) is 22.3 Å². The second-order valence-electron chi connectivity index (χ2n) is 8.11. The summed E-state index contributed by atoms with van der Waals surface area (Å²) >= 11 is 0. The molecule has 3 aromatic carbocycles. The number of carbonyl (C=O) groups excluding carboxylic acids is 2. The van der Waals surface area contributed by atoms with Crippen molar-refractivity contribution in [1.29, 1.82) is 0 Å². The molecule has 0 fully saturated rings. The number of amidine groups is 2. The van der Waals surface area contributed by atoms with Crippen LogP contribution in [0.3, 0.4) is 0 Å². The summed E-state index contributed by atoms with van der Waals surface area (Å²) in [5.74, 6) is 1.10. The third-order valence-corrected chi connectivity index (χ3v) is 5.56. The average Bonchev–Trinajstić information content (AvgIpc) is 2.94. The highest BCUT2D eigenvalue weighted by Gasteiger charge is 2.03. The molecule has 0 aliphatic carbocycles. The third-order valence-electron chi connectivity index (χ3n) is 5.56. The van der Waals surface area contributed by atoms with Gasteiger partial charge in [0.05, 0.1) is 0 Å². The molecule has 210 valence electrons. The fourth-order valence-corrected chi connectivity index (χ4v) is 3.62. The fraction of sp³-hybridized carbons (Fsp3) is 0.133. The topological polar surface area (TPSA) is 107 Å². The second-order valence-corrected chi connectivity index (χ2v) is 8.11. The van der Waals surface area contributed by atoms with Crippen molar-refractivity contribution in [3.8, 4) is 0 Å². The molecular formula is C30H34Cl2N6O2. The Labute approximate surface area is 247 Å². The normalized spacial score (nSPS) is 11.4. The fourth-order valence-electron chi connectivity index (χ4n) is 3.62. The van der Waals surface area contributed by atoms with Crippen LogP contribution in [0.4, 0.5) is 11.4 Å². The first-order chi connectivity index (χ1) is 18.4. The molecule has 0 aliphatic heterocycles. The number of hydrogen-bond donors (Lipinski definition) is 4. The molecule has 8 nitrogen and oxygen atoms in total. The Morgan fingerprint density at radius 2 is 0.900 bits per heavy atom. The molecule has 10 heteroatoms. The van der Waals surface area contributed by atoms with Crippen LogP contribution >= 0.6 is 24.8 Å². The zero-order chi connectivity index (χ0) is 27.3. The maximum atomic E-state index is 12.3. The predicted octanol–water partition coefficient (Wildman–Crippen LogP) is 5.03. The minimum atomic E-state index is -0.228. The number of benzene rings is 3. The van der Waals surface area contributed by atoms with Crippen molar-refractivity contribution >= 4 is 71.8 Å². The lowest BCUT2D eigenvalue weighted by Crippen LogP contribution is -2.19. The molecule has 0 aromatic heterocycles. The van der Waals surface area contributed by atoms with E-state index in [-0.39, 0.29) is 36.6 Å². The van der Waals surface area contributed by atoms with Gasteiger partial charge >= 0.3 is 0 Å². The Balaban J connectivity index is 0.00000400. The van der Waals surface area contributed by atoms with E-state index in [1.165, 1.54) is 12.2 Å². The number of nitrogens with zero attached hydrogens (tertiary/aromatic N) is 2. The Kier molecular flexibility index (Phi) is 14.5. The van der Waals surface area contributed by atoms with Gasteiger partial charge in [0.25, 0.3) is 0 Å². The maximum absolute atomic E-state index is 12.3. The molecule has 0 saturated heterocycles. The van der Waals surface area contributed by atoms with Crippen LogP contribution in [-0.2, 0) is 9.59 Å². The van der Waals surface area contributed by atoms with Gasteiger partial charge in [0, 0.05) is 62.8 Å². The quantitative estimate of drug-likeness (QED) is 0.170. The van der Waals surface area contributed by atoms with Gasteiger partial charge in [-0.1, -0.05) is 24.3 Å². The molecule has 0 heterocycles. The first kappa shape index (κ1) is 33.6. The van der Waals surface area contributed by atoms with Crippen molar-refractivity contribution in [2.75, 3.05) is 38.8 Å². The first-order valence-corrected chi connectivity index (χ1v) is 12.0. The summed E-state index contributed by atoms with van der Waals surface area (Å²) in [6, 6.07) is 22.4. The summed E-state index contributed by atoms with van der Waals surface area (Å²) in [7, 11) is 7.06. The summed E-state index contributed by atoms with van der Waals surface area (Å²) in [6.07, 6.45) is 6.43. The Morgan fingerprint density at radius 3 is 1.18 bits per heavy atom. The molecule has 4 N–H and O–H groups in total. The molecular weight excluding hydrogens is 547 g/mol. The molecule has 40 heavy (non-hydrogen) atoms. The summed E-state index contributed by atoms with van der Waals surface area (Å²) in [6.45, 7) is 0. The Hall–Kier alpha value is -4.40. The summed E-state index contributed by atoms with van der Waals surface area (Å²) < 4.78 is 0. The monoisotopic (exact) mass is 580 g/mol. The number of anilines is 2. The number of hydrogen-bond acceptors (Lipinski definition) is 4.